The summed E-state index contributed by atoms with van der Waals surface area (Å²) in [7, 11) is 4.17. The van der Waals surface area contributed by atoms with Gasteiger partial charge in [0.15, 0.2) is 5.13 Å². The fourth-order valence-electron chi connectivity index (χ4n) is 2.94. The fourth-order valence-corrected chi connectivity index (χ4v) is 4.00. The molecule has 142 valence electrons. The molecule has 27 heavy (non-hydrogen) atoms. The molecule has 0 spiro atoms. The minimum absolute atomic E-state index is 0.210. The third kappa shape index (κ3) is 4.70. The van der Waals surface area contributed by atoms with Gasteiger partial charge >= 0.3 is 0 Å². The van der Waals surface area contributed by atoms with Gasteiger partial charge in [-0.25, -0.2) is 9.37 Å². The summed E-state index contributed by atoms with van der Waals surface area (Å²) in [5.41, 5.74) is 2.49. The Labute approximate surface area is 163 Å². The molecule has 0 bridgehead atoms. The minimum Gasteiger partial charge on any atom is -0.340 e. The number of benzene rings is 2. The largest absolute Gasteiger partial charge is 0.340 e. The molecule has 2 aromatic carbocycles. The first-order valence-electron chi connectivity index (χ1n) is 9.24. The number of carbonyl (C=O) groups is 1. The van der Waals surface area contributed by atoms with Crippen molar-refractivity contribution >= 4 is 32.6 Å². The highest BCUT2D eigenvalue weighted by Gasteiger charge is 2.22. The van der Waals surface area contributed by atoms with E-state index in [9.17, 15) is 9.18 Å². The fraction of sp³-hybridized carbons (Fsp3) is 0.333. The average molecular weight is 387 g/mol. The molecular formula is C21H25FN3OS+. The van der Waals surface area contributed by atoms with Crippen LogP contribution in [0.4, 0.5) is 9.52 Å². The molecule has 1 aromatic heterocycles. The van der Waals surface area contributed by atoms with E-state index in [2.05, 4.69) is 38.1 Å². The first kappa shape index (κ1) is 19.5. The zero-order chi connectivity index (χ0) is 19.4. The van der Waals surface area contributed by atoms with Crippen LogP contribution in [0.5, 0.6) is 0 Å². The molecule has 1 amide bonds. The molecule has 1 heterocycles. The highest BCUT2D eigenvalue weighted by atomic mass is 32.1. The number of hydrogen-bond donors (Lipinski definition) is 1. The van der Waals surface area contributed by atoms with Gasteiger partial charge < -0.3 is 4.90 Å². The average Bonchev–Trinajstić information content (AvgIpc) is 3.07. The number of quaternary nitrogens is 1. The van der Waals surface area contributed by atoms with Crippen LogP contribution in [0.3, 0.4) is 0 Å². The molecule has 0 fully saturated rings. The zero-order valence-electron chi connectivity index (χ0n) is 16.0. The number of anilines is 1. The van der Waals surface area contributed by atoms with E-state index in [1.807, 2.05) is 6.07 Å². The van der Waals surface area contributed by atoms with Gasteiger partial charge in [0.2, 0.25) is 0 Å². The van der Waals surface area contributed by atoms with Crippen LogP contribution in [-0.4, -0.2) is 38.1 Å². The third-order valence-electron chi connectivity index (χ3n) is 4.46. The van der Waals surface area contributed by atoms with Crippen LogP contribution in [0.25, 0.3) is 10.2 Å². The first-order valence-corrected chi connectivity index (χ1v) is 10.1. The summed E-state index contributed by atoms with van der Waals surface area (Å²) >= 11 is 1.51. The van der Waals surface area contributed by atoms with E-state index in [4.69, 9.17) is 0 Å². The van der Waals surface area contributed by atoms with Crippen molar-refractivity contribution in [2.24, 2.45) is 0 Å². The van der Waals surface area contributed by atoms with Gasteiger partial charge in [-0.3, -0.25) is 9.69 Å². The van der Waals surface area contributed by atoms with Crippen LogP contribution >= 0.6 is 11.3 Å². The Kier molecular flexibility index (Phi) is 6.19. The molecule has 0 radical (unpaired) electrons. The van der Waals surface area contributed by atoms with Crippen LogP contribution in [0.15, 0.2) is 42.5 Å². The lowest BCUT2D eigenvalue weighted by atomic mass is 10.2. The van der Waals surface area contributed by atoms with E-state index in [1.165, 1.54) is 33.9 Å². The van der Waals surface area contributed by atoms with Gasteiger partial charge in [-0.15, -0.1) is 0 Å². The van der Waals surface area contributed by atoms with E-state index in [0.29, 0.717) is 17.2 Å². The van der Waals surface area contributed by atoms with Crippen LogP contribution in [-0.2, 0) is 6.42 Å². The second-order valence-electron chi connectivity index (χ2n) is 6.93. The quantitative estimate of drug-likeness (QED) is 0.677. The van der Waals surface area contributed by atoms with Crippen molar-refractivity contribution in [2.45, 2.75) is 19.8 Å². The van der Waals surface area contributed by atoms with Crippen molar-refractivity contribution in [1.82, 2.24) is 4.98 Å². The Balaban J connectivity index is 1.94. The summed E-state index contributed by atoms with van der Waals surface area (Å²) in [6.45, 7) is 3.62. The lowest BCUT2D eigenvalue weighted by Crippen LogP contribution is -3.05. The molecule has 0 atom stereocenters. The number of fused-ring (bicyclic) bond motifs is 1. The van der Waals surface area contributed by atoms with E-state index >= 15 is 0 Å². The maximum Gasteiger partial charge on any atom is 0.260 e. The molecular weight excluding hydrogens is 361 g/mol. The molecule has 0 saturated heterocycles. The van der Waals surface area contributed by atoms with Crippen LogP contribution < -0.4 is 9.80 Å². The number of aromatic nitrogens is 1. The first-order chi connectivity index (χ1) is 13.0. The molecule has 0 aliphatic rings. The molecule has 0 unspecified atom stereocenters. The predicted molar refractivity (Wildman–Crippen MR) is 109 cm³/mol. The number of thiazole rings is 1. The molecule has 0 aliphatic carbocycles. The van der Waals surface area contributed by atoms with Crippen LogP contribution in [0.1, 0.15) is 29.3 Å². The third-order valence-corrected chi connectivity index (χ3v) is 5.50. The number of aryl methyl sites for hydroxylation is 1. The van der Waals surface area contributed by atoms with Gasteiger partial charge in [0.1, 0.15) is 5.82 Å². The smallest absolute Gasteiger partial charge is 0.260 e. The summed E-state index contributed by atoms with van der Waals surface area (Å²) < 4.78 is 14.7. The number of nitrogens with one attached hydrogen (secondary N) is 1. The van der Waals surface area contributed by atoms with E-state index < -0.39 is 5.82 Å². The van der Waals surface area contributed by atoms with Gasteiger partial charge in [-0.05, 0) is 42.3 Å². The van der Waals surface area contributed by atoms with E-state index in [-0.39, 0.29) is 5.91 Å². The van der Waals surface area contributed by atoms with Gasteiger partial charge in [-0.2, -0.15) is 0 Å². The topological polar surface area (TPSA) is 37.6 Å². The molecule has 1 N–H and O–H groups in total. The molecule has 3 aromatic rings. The summed E-state index contributed by atoms with van der Waals surface area (Å²) in [6, 6.07) is 12.1. The molecule has 0 saturated carbocycles. The SMILES string of the molecule is CCc1ccc2nc(N(CCC[NH+](C)C)C(=O)c3cccc(F)c3)sc2c1. The summed E-state index contributed by atoms with van der Waals surface area (Å²) in [4.78, 5) is 20.8. The van der Waals surface area contributed by atoms with Crippen molar-refractivity contribution in [3.05, 3.63) is 59.4 Å². The Hall–Kier alpha value is -2.31. The summed E-state index contributed by atoms with van der Waals surface area (Å²) in [6.07, 6.45) is 1.81. The van der Waals surface area contributed by atoms with E-state index in [1.54, 1.807) is 17.0 Å². The van der Waals surface area contributed by atoms with Gasteiger partial charge in [0.05, 0.1) is 30.9 Å². The lowest BCUT2D eigenvalue weighted by molar-refractivity contribution is -0.858. The van der Waals surface area contributed by atoms with Crippen molar-refractivity contribution in [1.29, 1.82) is 0 Å². The minimum atomic E-state index is -0.407. The predicted octanol–water partition coefficient (Wildman–Crippen LogP) is 3.18. The van der Waals surface area contributed by atoms with Crippen LogP contribution in [0, 0.1) is 5.82 Å². The van der Waals surface area contributed by atoms with Crippen molar-refractivity contribution < 1.29 is 14.1 Å². The second kappa shape index (κ2) is 8.59. The van der Waals surface area contributed by atoms with Gasteiger partial charge in [0.25, 0.3) is 5.91 Å². The van der Waals surface area contributed by atoms with Gasteiger partial charge in [0, 0.05) is 18.5 Å². The maximum absolute atomic E-state index is 13.6. The zero-order valence-corrected chi connectivity index (χ0v) is 16.8. The number of rotatable bonds is 7. The summed E-state index contributed by atoms with van der Waals surface area (Å²) in [5, 5.41) is 0.668. The van der Waals surface area contributed by atoms with Crippen LogP contribution in [0.2, 0.25) is 0 Å². The Bertz CT molecular complexity index is 938. The lowest BCUT2D eigenvalue weighted by Gasteiger charge is -2.20. The van der Waals surface area contributed by atoms with Gasteiger partial charge in [-0.1, -0.05) is 30.4 Å². The standard InChI is InChI=1S/C21H24FN3OS/c1-4-15-9-10-18-19(13-15)27-21(23-18)25(12-6-11-24(2)3)20(26)16-7-5-8-17(22)14-16/h5,7-10,13-14H,4,6,11-12H2,1-3H3/p+1. The maximum atomic E-state index is 13.6. The highest BCUT2D eigenvalue weighted by molar-refractivity contribution is 7.22. The molecule has 3 rings (SSSR count). The van der Waals surface area contributed by atoms with E-state index in [0.717, 1.165) is 29.6 Å². The normalized spacial score (nSPS) is 11.3. The van der Waals surface area contributed by atoms with Crippen molar-refractivity contribution in [3.8, 4) is 0 Å². The Morgan fingerprint density at radius 1 is 1.22 bits per heavy atom. The Morgan fingerprint density at radius 2 is 2.04 bits per heavy atom. The molecule has 6 heteroatoms. The monoisotopic (exact) mass is 386 g/mol. The van der Waals surface area contributed by atoms with Crippen molar-refractivity contribution in [2.75, 3.05) is 32.1 Å². The highest BCUT2D eigenvalue weighted by Crippen LogP contribution is 2.30. The molecule has 0 aliphatic heterocycles. The Morgan fingerprint density at radius 3 is 2.74 bits per heavy atom. The number of amides is 1. The number of hydrogen-bond acceptors (Lipinski definition) is 3. The summed E-state index contributed by atoms with van der Waals surface area (Å²) in [5.74, 6) is -0.617. The second-order valence-corrected chi connectivity index (χ2v) is 7.94. The molecule has 4 nitrogen and oxygen atoms in total. The number of carbonyl (C=O) groups excluding carboxylic acids is 1. The number of nitrogens with zero attached hydrogens (tertiary/aromatic N) is 2. The number of halogens is 1. The van der Waals surface area contributed by atoms with Crippen molar-refractivity contribution in [3.63, 3.8) is 0 Å².